The maximum atomic E-state index is 15.6. The molecule has 5 rings (SSSR count). The molecule has 3 unspecified atom stereocenters. The summed E-state index contributed by atoms with van der Waals surface area (Å²) in [6.45, 7) is 0.546. The van der Waals surface area contributed by atoms with Crippen LogP contribution in [0.3, 0.4) is 0 Å². The molecule has 2 heterocycles. The Morgan fingerprint density at radius 2 is 1.93 bits per heavy atom. The predicted octanol–water partition coefficient (Wildman–Crippen LogP) is 5.00. The Hall–Kier alpha value is -4.78. The van der Waals surface area contributed by atoms with Crippen molar-refractivity contribution in [1.29, 1.82) is 5.41 Å². The molecule has 42 heavy (non-hydrogen) atoms. The predicted molar refractivity (Wildman–Crippen MR) is 151 cm³/mol. The van der Waals surface area contributed by atoms with Gasteiger partial charge in [-0.25, -0.2) is 9.37 Å². The van der Waals surface area contributed by atoms with Crippen LogP contribution in [-0.4, -0.2) is 57.8 Å². The third-order valence-corrected chi connectivity index (χ3v) is 7.35. The third kappa shape index (κ3) is 5.96. The van der Waals surface area contributed by atoms with Crippen molar-refractivity contribution in [2.24, 2.45) is 16.6 Å². The summed E-state index contributed by atoms with van der Waals surface area (Å²) in [7, 11) is 1.84. The van der Waals surface area contributed by atoms with Crippen LogP contribution in [0.1, 0.15) is 43.0 Å². The van der Waals surface area contributed by atoms with Crippen molar-refractivity contribution in [3.8, 4) is 28.9 Å². The monoisotopic (exact) mass is 580 g/mol. The number of amidine groups is 1. The number of aliphatic imine (C=N–C) groups is 1. The lowest BCUT2D eigenvalue weighted by Gasteiger charge is -2.30. The van der Waals surface area contributed by atoms with Crippen molar-refractivity contribution in [3.05, 3.63) is 65.4 Å². The molecule has 1 aliphatic carbocycles. The zero-order chi connectivity index (χ0) is 30.0. The SMILES string of the molecule is CN1CC=NC1c1cc(NC2CCCCC2C(=O)O)ccc1Oc1c(F)cnc(Oc2cc(C(=N)N)ccc2O)c1F. The van der Waals surface area contributed by atoms with Crippen molar-refractivity contribution < 1.29 is 33.3 Å². The van der Waals surface area contributed by atoms with Gasteiger partial charge in [-0.05, 0) is 56.3 Å². The van der Waals surface area contributed by atoms with Gasteiger partial charge < -0.3 is 30.7 Å². The fraction of sp³-hybridized carbons (Fsp3) is 0.310. The lowest BCUT2D eigenvalue weighted by atomic mass is 9.84. The number of nitrogens with two attached hydrogens (primary N) is 1. The van der Waals surface area contributed by atoms with Crippen molar-refractivity contribution in [3.63, 3.8) is 0 Å². The molecule has 6 N–H and O–H groups in total. The van der Waals surface area contributed by atoms with E-state index in [1.807, 2.05) is 11.9 Å². The summed E-state index contributed by atoms with van der Waals surface area (Å²) in [6.07, 6.45) is 4.98. The smallest absolute Gasteiger partial charge is 0.308 e. The number of rotatable bonds is 9. The molecule has 2 aliphatic rings. The summed E-state index contributed by atoms with van der Waals surface area (Å²) in [5.74, 6) is -5.99. The first-order valence-corrected chi connectivity index (χ1v) is 13.3. The minimum Gasteiger partial charge on any atom is -0.504 e. The van der Waals surface area contributed by atoms with E-state index in [0.717, 1.165) is 19.0 Å². The number of benzene rings is 2. The molecule has 1 saturated carbocycles. The largest absolute Gasteiger partial charge is 0.504 e. The Kier molecular flexibility index (Phi) is 8.20. The zero-order valence-corrected chi connectivity index (χ0v) is 22.7. The summed E-state index contributed by atoms with van der Waals surface area (Å²) in [4.78, 5) is 21.9. The average molecular weight is 581 g/mol. The van der Waals surface area contributed by atoms with E-state index in [1.54, 1.807) is 24.4 Å². The van der Waals surface area contributed by atoms with Gasteiger partial charge in [0.05, 0.1) is 12.1 Å². The normalized spacial score (nSPS) is 20.3. The highest BCUT2D eigenvalue weighted by atomic mass is 19.1. The highest BCUT2D eigenvalue weighted by Crippen LogP contribution is 2.41. The summed E-state index contributed by atoms with van der Waals surface area (Å²) in [6, 6.07) is 8.50. The number of pyridine rings is 1. The van der Waals surface area contributed by atoms with E-state index in [-0.39, 0.29) is 34.7 Å². The molecule has 13 heteroatoms. The Morgan fingerprint density at radius 3 is 2.64 bits per heavy atom. The van der Waals surface area contributed by atoms with E-state index in [4.69, 9.17) is 20.6 Å². The molecule has 1 aliphatic heterocycles. The first-order valence-electron chi connectivity index (χ1n) is 13.3. The Labute approximate surface area is 240 Å². The molecule has 0 amide bonds. The van der Waals surface area contributed by atoms with Crippen LogP contribution in [-0.2, 0) is 4.79 Å². The molecule has 220 valence electrons. The summed E-state index contributed by atoms with van der Waals surface area (Å²) in [5, 5.41) is 30.7. The summed E-state index contributed by atoms with van der Waals surface area (Å²) in [5.41, 5.74) is 6.83. The number of carbonyl (C=O) groups is 1. The lowest BCUT2D eigenvalue weighted by molar-refractivity contribution is -0.143. The molecule has 0 bridgehead atoms. The van der Waals surface area contributed by atoms with Gasteiger partial charge in [-0.1, -0.05) is 12.8 Å². The topological polar surface area (TPSA) is 166 Å². The van der Waals surface area contributed by atoms with E-state index in [2.05, 4.69) is 15.3 Å². The van der Waals surface area contributed by atoms with E-state index in [0.29, 0.717) is 30.6 Å². The Morgan fingerprint density at radius 1 is 1.14 bits per heavy atom. The highest BCUT2D eigenvalue weighted by Gasteiger charge is 2.32. The van der Waals surface area contributed by atoms with Crippen molar-refractivity contribution in [2.75, 3.05) is 18.9 Å². The number of aliphatic carboxylic acids is 1. The second-order valence-electron chi connectivity index (χ2n) is 10.2. The molecular weight excluding hydrogens is 550 g/mol. The number of carboxylic acids is 1. The number of halogens is 2. The molecule has 3 aromatic rings. The zero-order valence-electron chi connectivity index (χ0n) is 22.7. The van der Waals surface area contributed by atoms with Crippen LogP contribution >= 0.6 is 0 Å². The number of carboxylic acid groups (broad SMARTS) is 1. The van der Waals surface area contributed by atoms with Gasteiger partial charge in [0.1, 0.15) is 17.8 Å². The van der Waals surface area contributed by atoms with Gasteiger partial charge in [-0.15, -0.1) is 0 Å². The fourth-order valence-electron chi connectivity index (χ4n) is 5.13. The van der Waals surface area contributed by atoms with Crippen LogP contribution in [0.15, 0.2) is 47.6 Å². The third-order valence-electron chi connectivity index (χ3n) is 7.35. The number of nitrogen functional groups attached to an aromatic ring is 1. The molecule has 0 saturated heterocycles. The summed E-state index contributed by atoms with van der Waals surface area (Å²) < 4.78 is 41.7. The number of ether oxygens (including phenoxy) is 2. The van der Waals surface area contributed by atoms with Gasteiger partial charge in [-0.3, -0.25) is 20.1 Å². The minimum absolute atomic E-state index is 0.117. The molecule has 11 nitrogen and oxygen atoms in total. The number of hydrogen-bond acceptors (Lipinski definition) is 9. The van der Waals surface area contributed by atoms with Gasteiger partial charge in [0.2, 0.25) is 11.6 Å². The molecular formula is C29H30F2N6O5. The highest BCUT2D eigenvalue weighted by molar-refractivity contribution is 5.95. The number of aromatic nitrogens is 1. The van der Waals surface area contributed by atoms with Crippen LogP contribution < -0.4 is 20.5 Å². The van der Waals surface area contributed by atoms with E-state index < -0.39 is 41.3 Å². The number of phenols is 1. The molecule has 0 spiro atoms. The van der Waals surface area contributed by atoms with Gasteiger partial charge in [0.15, 0.2) is 17.3 Å². The Bertz CT molecular complexity index is 1550. The minimum atomic E-state index is -1.26. The van der Waals surface area contributed by atoms with E-state index in [1.165, 1.54) is 18.2 Å². The van der Waals surface area contributed by atoms with Gasteiger partial charge in [0, 0.05) is 35.6 Å². The summed E-state index contributed by atoms with van der Waals surface area (Å²) >= 11 is 0. The number of anilines is 1. The van der Waals surface area contributed by atoms with Crippen LogP contribution in [0.25, 0.3) is 0 Å². The van der Waals surface area contributed by atoms with Gasteiger partial charge in [0.25, 0.3) is 5.88 Å². The number of phenolic OH excluding ortho intramolecular Hbond substituents is 1. The second kappa shape index (κ2) is 12.0. The number of hydrogen-bond donors (Lipinski definition) is 5. The number of nitrogens with one attached hydrogen (secondary N) is 2. The second-order valence-corrected chi connectivity index (χ2v) is 10.2. The first-order chi connectivity index (χ1) is 20.1. The lowest BCUT2D eigenvalue weighted by Crippen LogP contribution is -2.37. The van der Waals surface area contributed by atoms with Crippen LogP contribution in [0.4, 0.5) is 14.5 Å². The maximum absolute atomic E-state index is 15.6. The van der Waals surface area contributed by atoms with Gasteiger partial charge >= 0.3 is 5.97 Å². The molecule has 0 radical (unpaired) electrons. The molecule has 3 atom stereocenters. The van der Waals surface area contributed by atoms with Gasteiger partial charge in [-0.2, -0.15) is 4.39 Å². The quantitative estimate of drug-likeness (QED) is 0.173. The standard InChI is InChI=1S/C29H30F2N6O5/c1-37-11-10-34-27(37)18-13-16(36-20-5-3-2-4-17(20)29(39)40)7-9-22(18)41-25-19(30)14-35-28(24(25)31)42-23-12-15(26(32)33)6-8-21(23)38/h6-10,12-14,17,20,27,36,38H,2-5,11H2,1H3,(H3,32,33)(H,39,40). The average Bonchev–Trinajstić information content (AvgIpc) is 3.39. The Balaban J connectivity index is 1.47. The number of aromatic hydroxyl groups is 1. The molecule has 1 aromatic heterocycles. The first kappa shape index (κ1) is 28.7. The van der Waals surface area contributed by atoms with E-state index in [9.17, 15) is 19.4 Å². The van der Waals surface area contributed by atoms with E-state index >= 15 is 4.39 Å². The van der Waals surface area contributed by atoms with Crippen LogP contribution in [0.2, 0.25) is 0 Å². The molecule has 2 aromatic carbocycles. The van der Waals surface area contributed by atoms with Crippen molar-refractivity contribution >= 4 is 23.7 Å². The number of nitrogens with zero attached hydrogens (tertiary/aromatic N) is 3. The van der Waals surface area contributed by atoms with Crippen LogP contribution in [0, 0.1) is 23.0 Å². The van der Waals surface area contributed by atoms with Crippen molar-refractivity contribution in [1.82, 2.24) is 9.88 Å². The maximum Gasteiger partial charge on any atom is 0.308 e. The fourth-order valence-corrected chi connectivity index (χ4v) is 5.13. The van der Waals surface area contributed by atoms with Crippen LogP contribution in [0.5, 0.6) is 28.9 Å². The van der Waals surface area contributed by atoms with Crippen molar-refractivity contribution in [2.45, 2.75) is 37.9 Å². The molecule has 1 fully saturated rings.